The van der Waals surface area contributed by atoms with Crippen LogP contribution in [0, 0.1) is 24.0 Å². The van der Waals surface area contributed by atoms with Crippen LogP contribution in [0.2, 0.25) is 0 Å². The lowest BCUT2D eigenvalue weighted by Crippen LogP contribution is -1.90. The molecule has 0 aliphatic carbocycles. The van der Waals surface area contributed by atoms with Gasteiger partial charge in [-0.05, 0) is 84.5 Å². The number of rotatable bonds is 3. The van der Waals surface area contributed by atoms with Gasteiger partial charge in [0, 0.05) is 49.9 Å². The molecule has 0 saturated heterocycles. The first kappa shape index (κ1) is 27.2. The van der Waals surface area contributed by atoms with Crippen molar-refractivity contribution in [3.63, 3.8) is 0 Å². The number of hydrogen-bond donors (Lipinski definition) is 2. The van der Waals surface area contributed by atoms with Crippen molar-refractivity contribution in [3.05, 3.63) is 143 Å². The summed E-state index contributed by atoms with van der Waals surface area (Å²) in [6.45, 7) is 0. The van der Waals surface area contributed by atoms with Gasteiger partial charge in [0.05, 0.1) is 28.3 Å². The first-order valence-electron chi connectivity index (χ1n) is 14.8. The van der Waals surface area contributed by atoms with Crippen molar-refractivity contribution in [1.82, 2.24) is 19.9 Å². The molecular formula is C40H24F2N4. The van der Waals surface area contributed by atoms with Crippen LogP contribution < -0.4 is 0 Å². The van der Waals surface area contributed by atoms with Gasteiger partial charge in [-0.1, -0.05) is 54.5 Å². The van der Waals surface area contributed by atoms with Crippen LogP contribution in [0.15, 0.2) is 103 Å². The van der Waals surface area contributed by atoms with Crippen molar-refractivity contribution in [1.29, 1.82) is 0 Å². The molecule has 0 spiro atoms. The predicted molar refractivity (Wildman–Crippen MR) is 183 cm³/mol. The summed E-state index contributed by atoms with van der Waals surface area (Å²) in [6, 6.07) is 30.8. The summed E-state index contributed by atoms with van der Waals surface area (Å²) in [5.74, 6) is 1.97. The molecule has 8 bridgehead atoms. The highest BCUT2D eigenvalue weighted by Crippen LogP contribution is 2.38. The van der Waals surface area contributed by atoms with Crippen LogP contribution in [0.1, 0.15) is 28.3 Å². The zero-order valence-corrected chi connectivity index (χ0v) is 24.4. The number of fused-ring (bicyclic) bond motifs is 8. The quantitative estimate of drug-likeness (QED) is 0.199. The van der Waals surface area contributed by atoms with Crippen molar-refractivity contribution >= 4 is 46.4 Å². The molecule has 46 heavy (non-hydrogen) atoms. The summed E-state index contributed by atoms with van der Waals surface area (Å²) in [6.07, 6.45) is 13.2. The van der Waals surface area contributed by atoms with E-state index in [1.54, 1.807) is 24.3 Å². The summed E-state index contributed by atoms with van der Waals surface area (Å²) < 4.78 is 30.8. The fourth-order valence-corrected chi connectivity index (χ4v) is 6.03. The number of benzene rings is 3. The minimum Gasteiger partial charge on any atom is -0.355 e. The van der Waals surface area contributed by atoms with E-state index in [0.717, 1.165) is 33.2 Å². The monoisotopic (exact) mass is 598 g/mol. The van der Waals surface area contributed by atoms with Gasteiger partial charge in [0.25, 0.3) is 0 Å². The third-order valence-electron chi connectivity index (χ3n) is 8.16. The van der Waals surface area contributed by atoms with E-state index in [1.165, 1.54) is 12.1 Å². The molecule has 6 aromatic rings. The highest BCUT2D eigenvalue weighted by Gasteiger charge is 2.19. The maximum atomic E-state index is 15.6. The lowest BCUT2D eigenvalue weighted by Gasteiger charge is -2.08. The van der Waals surface area contributed by atoms with Gasteiger partial charge in [-0.2, -0.15) is 0 Å². The maximum absolute atomic E-state index is 15.6. The van der Waals surface area contributed by atoms with E-state index in [0.29, 0.717) is 50.5 Å². The molecule has 2 aliphatic rings. The van der Waals surface area contributed by atoms with Crippen LogP contribution in [0.4, 0.5) is 8.78 Å². The minimum atomic E-state index is -0.359. The molecule has 218 valence electrons. The molecule has 0 unspecified atom stereocenters. The lowest BCUT2D eigenvalue weighted by molar-refractivity contribution is 0.631. The number of nitrogens with zero attached hydrogens (tertiary/aromatic N) is 2. The zero-order valence-electron chi connectivity index (χ0n) is 24.4. The highest BCUT2D eigenvalue weighted by molar-refractivity contribution is 6.00. The van der Waals surface area contributed by atoms with E-state index in [9.17, 15) is 0 Å². The maximum Gasteiger partial charge on any atom is 0.131 e. The Morgan fingerprint density at radius 3 is 1.83 bits per heavy atom. The Bertz CT molecular complexity index is 2460. The van der Waals surface area contributed by atoms with Crippen LogP contribution in [-0.2, 0) is 0 Å². The Morgan fingerprint density at radius 1 is 0.565 bits per heavy atom. The molecule has 3 aromatic carbocycles. The predicted octanol–water partition coefficient (Wildman–Crippen LogP) is 9.92. The second-order valence-corrected chi connectivity index (χ2v) is 11.1. The molecule has 2 N–H and O–H groups in total. The molecule has 0 atom stereocenters. The fourth-order valence-electron chi connectivity index (χ4n) is 6.03. The molecule has 4 nitrogen and oxygen atoms in total. The number of hydrogen-bond acceptors (Lipinski definition) is 2. The smallest absolute Gasteiger partial charge is 0.131 e. The average molecular weight is 599 g/mol. The molecule has 0 saturated carbocycles. The van der Waals surface area contributed by atoms with Crippen molar-refractivity contribution in [3.8, 4) is 45.7 Å². The zero-order chi connectivity index (χ0) is 31.2. The van der Waals surface area contributed by atoms with Gasteiger partial charge >= 0.3 is 0 Å². The average Bonchev–Trinajstić information content (AvgIpc) is 3.89. The molecule has 0 fully saturated rings. The Hall–Kier alpha value is -6.32. The number of terminal acetylenes is 1. The van der Waals surface area contributed by atoms with Crippen molar-refractivity contribution in [2.75, 3.05) is 0 Å². The summed E-state index contributed by atoms with van der Waals surface area (Å²) in [7, 11) is 0. The van der Waals surface area contributed by atoms with E-state index in [1.807, 2.05) is 91.0 Å². The molecule has 0 amide bonds. The Balaban J connectivity index is 1.52. The lowest BCUT2D eigenvalue weighted by atomic mass is 9.98. The molecule has 5 heterocycles. The largest absolute Gasteiger partial charge is 0.355 e. The topological polar surface area (TPSA) is 57.4 Å². The first-order chi connectivity index (χ1) is 22.5. The van der Waals surface area contributed by atoms with E-state index < -0.39 is 0 Å². The number of H-pyrrole nitrogens is 2. The Kier molecular flexibility index (Phi) is 6.51. The fraction of sp³-hybridized carbons (Fsp3) is 0. The van der Waals surface area contributed by atoms with Gasteiger partial charge in [0.15, 0.2) is 0 Å². The SMILES string of the molecule is C#Cc1ccc(-c2cc3cc4nc(c(-c5ccccc5F)c5ccc(cc6nc(c(-c7ccccc7F)c2[nH]3)C=C6)[nH]5)C=C4)cc1. The van der Waals surface area contributed by atoms with Crippen molar-refractivity contribution in [2.45, 2.75) is 0 Å². The van der Waals surface area contributed by atoms with Crippen molar-refractivity contribution < 1.29 is 8.78 Å². The number of aromatic amines is 2. The molecule has 3 aromatic heterocycles. The number of halogens is 2. The van der Waals surface area contributed by atoms with E-state index >= 15 is 8.78 Å². The van der Waals surface area contributed by atoms with E-state index in [4.69, 9.17) is 16.4 Å². The van der Waals surface area contributed by atoms with Crippen LogP contribution >= 0.6 is 0 Å². The summed E-state index contributed by atoms with van der Waals surface area (Å²) in [5, 5.41) is 0. The van der Waals surface area contributed by atoms with Crippen LogP contribution in [0.25, 0.3) is 79.8 Å². The van der Waals surface area contributed by atoms with Gasteiger partial charge in [0.2, 0.25) is 0 Å². The Morgan fingerprint density at radius 2 is 1.17 bits per heavy atom. The molecule has 8 rings (SSSR count). The molecular weight excluding hydrogens is 574 g/mol. The minimum absolute atomic E-state index is 0.339. The molecule has 0 radical (unpaired) electrons. The number of aromatic nitrogens is 4. The molecule has 6 heteroatoms. The van der Waals surface area contributed by atoms with Gasteiger partial charge < -0.3 is 9.97 Å². The molecule has 2 aliphatic heterocycles. The van der Waals surface area contributed by atoms with Gasteiger partial charge in [-0.25, -0.2) is 18.7 Å². The Labute approximate surface area is 263 Å². The van der Waals surface area contributed by atoms with Gasteiger partial charge in [-0.15, -0.1) is 6.42 Å². The van der Waals surface area contributed by atoms with Crippen molar-refractivity contribution in [2.24, 2.45) is 0 Å². The van der Waals surface area contributed by atoms with Crippen LogP contribution in [-0.4, -0.2) is 19.9 Å². The van der Waals surface area contributed by atoms with E-state index in [2.05, 4.69) is 15.9 Å². The standard InChI is InChI=1S/C40H24F2N4/c1-2-24-11-13-25(14-12-24)32-23-29-22-28-16-19-36(44-28)38(30-7-3-5-9-33(30)41)35-18-15-26(43-35)21-27-17-20-37(45-27)39(40(32)46-29)31-8-4-6-10-34(31)42/h1,3-23,43,46H. The third kappa shape index (κ3) is 4.81. The second kappa shape index (κ2) is 11.0. The normalized spacial score (nSPS) is 11.9. The summed E-state index contributed by atoms with van der Waals surface area (Å²) >= 11 is 0. The highest BCUT2D eigenvalue weighted by atomic mass is 19.1. The third-order valence-corrected chi connectivity index (χ3v) is 8.16. The first-order valence-corrected chi connectivity index (χ1v) is 14.8. The van der Waals surface area contributed by atoms with Crippen LogP contribution in [0.5, 0.6) is 0 Å². The number of nitrogens with one attached hydrogen (secondary N) is 2. The summed E-state index contributed by atoms with van der Waals surface area (Å²) in [4.78, 5) is 16.9. The van der Waals surface area contributed by atoms with Crippen LogP contribution in [0.3, 0.4) is 0 Å². The second-order valence-electron chi connectivity index (χ2n) is 11.1. The van der Waals surface area contributed by atoms with Gasteiger partial charge in [-0.3, -0.25) is 0 Å². The van der Waals surface area contributed by atoms with Gasteiger partial charge in [0.1, 0.15) is 11.6 Å². The van der Waals surface area contributed by atoms with E-state index in [-0.39, 0.29) is 11.6 Å². The summed E-state index contributed by atoms with van der Waals surface area (Å²) in [5.41, 5.74) is 10.2.